The fourth-order valence-electron chi connectivity index (χ4n) is 2.38. The molecule has 0 N–H and O–H groups in total. The van der Waals surface area contributed by atoms with Crippen molar-refractivity contribution in [3.8, 4) is 0 Å². The predicted octanol–water partition coefficient (Wildman–Crippen LogP) is 1.51. The van der Waals surface area contributed by atoms with Gasteiger partial charge in [0.1, 0.15) is 0 Å². The molecule has 0 unspecified atom stereocenters. The van der Waals surface area contributed by atoms with Gasteiger partial charge in [-0.1, -0.05) is 44.9 Å². The molecular formula is C13H23NaOS2. The van der Waals surface area contributed by atoms with Gasteiger partial charge >= 0.3 is 29.6 Å². The average molecular weight is 282 g/mol. The van der Waals surface area contributed by atoms with E-state index in [-0.39, 0.29) is 29.6 Å². The maximum absolute atomic E-state index is 5.54. The molecule has 1 saturated carbocycles. The standard InChI is InChI=1S/C13H24OS2.Na/c15-13(16)14-12-10-8-6-4-2-1-3-5-7-9-11-12;/h12H,1-11H2,(H,15,16);/q;+1/p-1. The van der Waals surface area contributed by atoms with E-state index in [1.54, 1.807) is 0 Å². The second kappa shape index (κ2) is 12.2. The van der Waals surface area contributed by atoms with Gasteiger partial charge in [-0.05, 0) is 25.7 Å². The van der Waals surface area contributed by atoms with Crippen molar-refractivity contribution in [2.45, 2.75) is 76.7 Å². The Balaban J connectivity index is 0.00000256. The molecule has 1 rings (SSSR count). The molecule has 0 amide bonds. The van der Waals surface area contributed by atoms with Crippen LogP contribution in [0.4, 0.5) is 0 Å². The molecule has 0 atom stereocenters. The first-order valence-electron chi connectivity index (χ1n) is 6.66. The SMILES string of the molecule is S=C([S-])OC1CCCCCCCCCCC1.[Na+]. The monoisotopic (exact) mass is 282 g/mol. The van der Waals surface area contributed by atoms with Crippen LogP contribution < -0.4 is 29.6 Å². The summed E-state index contributed by atoms with van der Waals surface area (Å²) in [7, 11) is 0. The molecule has 0 heterocycles. The minimum absolute atomic E-state index is 0. The Morgan fingerprint density at radius 2 is 1.18 bits per heavy atom. The summed E-state index contributed by atoms with van der Waals surface area (Å²) >= 11 is 9.71. The first-order chi connectivity index (χ1) is 7.79. The van der Waals surface area contributed by atoms with Gasteiger partial charge in [0.15, 0.2) is 0 Å². The molecule has 1 fully saturated rings. The van der Waals surface area contributed by atoms with Crippen LogP contribution in [-0.4, -0.2) is 10.5 Å². The number of ether oxygens (including phenoxy) is 1. The van der Waals surface area contributed by atoms with Crippen LogP contribution >= 0.6 is 12.2 Å². The minimum atomic E-state index is 0. The Kier molecular flexibility index (Phi) is 13.0. The van der Waals surface area contributed by atoms with Crippen LogP contribution in [0.5, 0.6) is 0 Å². The summed E-state index contributed by atoms with van der Waals surface area (Å²) in [5.41, 5.74) is 0. The quantitative estimate of drug-likeness (QED) is 0.410. The van der Waals surface area contributed by atoms with E-state index in [2.05, 4.69) is 0 Å². The maximum Gasteiger partial charge on any atom is 1.00 e. The van der Waals surface area contributed by atoms with Crippen LogP contribution in [0.2, 0.25) is 0 Å². The van der Waals surface area contributed by atoms with E-state index in [1.807, 2.05) is 0 Å². The molecule has 4 heteroatoms. The van der Waals surface area contributed by atoms with Crippen molar-refractivity contribution in [1.29, 1.82) is 0 Å². The van der Waals surface area contributed by atoms with E-state index in [4.69, 9.17) is 29.6 Å². The molecule has 1 nitrogen and oxygen atoms in total. The zero-order valence-electron chi connectivity index (χ0n) is 11.1. The molecule has 0 spiro atoms. The van der Waals surface area contributed by atoms with Crippen LogP contribution in [0, 0.1) is 0 Å². The fourth-order valence-corrected chi connectivity index (χ4v) is 2.65. The first kappa shape index (κ1) is 18.1. The van der Waals surface area contributed by atoms with Crippen molar-refractivity contribution in [3.05, 3.63) is 0 Å². The van der Waals surface area contributed by atoms with E-state index in [1.165, 1.54) is 57.8 Å². The Labute approximate surface area is 139 Å². The summed E-state index contributed by atoms with van der Waals surface area (Å²) in [5, 5.41) is 0. The van der Waals surface area contributed by atoms with Crippen molar-refractivity contribution in [2.24, 2.45) is 0 Å². The molecule has 94 valence electrons. The van der Waals surface area contributed by atoms with Crippen LogP contribution in [-0.2, 0) is 17.4 Å². The molecule has 0 aromatic heterocycles. The number of hydrogen-bond donors (Lipinski definition) is 0. The van der Waals surface area contributed by atoms with Crippen molar-refractivity contribution >= 4 is 29.2 Å². The molecular weight excluding hydrogens is 259 g/mol. The summed E-state index contributed by atoms with van der Waals surface area (Å²) in [6, 6.07) is 0. The Bertz CT molecular complexity index is 188. The van der Waals surface area contributed by atoms with Crippen LogP contribution in [0.25, 0.3) is 0 Å². The Hall–Kier alpha value is 1.11. The van der Waals surface area contributed by atoms with Gasteiger partial charge in [-0.3, -0.25) is 0 Å². The number of thiocarbonyl (C=S) groups is 1. The van der Waals surface area contributed by atoms with E-state index < -0.39 is 0 Å². The molecule has 0 bridgehead atoms. The summed E-state index contributed by atoms with van der Waals surface area (Å²) in [6.07, 6.45) is 14.8. The third-order valence-electron chi connectivity index (χ3n) is 3.32. The summed E-state index contributed by atoms with van der Waals surface area (Å²) < 4.78 is 5.84. The van der Waals surface area contributed by atoms with Gasteiger partial charge < -0.3 is 29.6 Å². The molecule has 0 radical (unpaired) electrons. The average Bonchev–Trinajstić information content (AvgIpc) is 2.21. The second-order valence-electron chi connectivity index (χ2n) is 4.75. The van der Waals surface area contributed by atoms with Crippen LogP contribution in [0.3, 0.4) is 0 Å². The number of rotatable bonds is 1. The minimum Gasteiger partial charge on any atom is -0.510 e. The van der Waals surface area contributed by atoms with Crippen molar-refractivity contribution < 1.29 is 34.3 Å². The molecule has 1 aliphatic carbocycles. The second-order valence-corrected chi connectivity index (χ2v) is 5.75. The summed E-state index contributed by atoms with van der Waals surface area (Å²) in [5.74, 6) is 0. The normalized spacial score (nSPS) is 20.5. The van der Waals surface area contributed by atoms with Gasteiger partial charge in [-0.15, -0.1) is 0 Å². The van der Waals surface area contributed by atoms with Gasteiger partial charge in [-0.25, -0.2) is 0 Å². The van der Waals surface area contributed by atoms with Gasteiger partial charge in [0.25, 0.3) is 0 Å². The van der Waals surface area contributed by atoms with Crippen molar-refractivity contribution in [3.63, 3.8) is 0 Å². The van der Waals surface area contributed by atoms with Gasteiger partial charge in [0.2, 0.25) is 0 Å². The van der Waals surface area contributed by atoms with Crippen LogP contribution in [0.15, 0.2) is 0 Å². The van der Waals surface area contributed by atoms with Crippen molar-refractivity contribution in [2.75, 3.05) is 0 Å². The van der Waals surface area contributed by atoms with Gasteiger partial charge in [0, 0.05) is 4.38 Å². The predicted molar refractivity (Wildman–Crippen MR) is 75.6 cm³/mol. The molecule has 1 aliphatic rings. The molecule has 0 aromatic carbocycles. The topological polar surface area (TPSA) is 9.23 Å². The first-order valence-corrected chi connectivity index (χ1v) is 7.48. The Morgan fingerprint density at radius 3 is 1.53 bits per heavy atom. The maximum atomic E-state index is 5.54. The molecule has 17 heavy (non-hydrogen) atoms. The van der Waals surface area contributed by atoms with Crippen molar-refractivity contribution in [1.82, 2.24) is 0 Å². The zero-order chi connectivity index (χ0) is 11.6. The third kappa shape index (κ3) is 10.7. The number of hydrogen-bond acceptors (Lipinski definition) is 3. The smallest absolute Gasteiger partial charge is 0.510 e. The fraction of sp³-hybridized carbons (Fsp3) is 0.923. The third-order valence-corrected chi connectivity index (χ3v) is 3.51. The van der Waals surface area contributed by atoms with Gasteiger partial charge in [0.05, 0.1) is 6.10 Å². The Morgan fingerprint density at radius 1 is 0.824 bits per heavy atom. The van der Waals surface area contributed by atoms with Gasteiger partial charge in [-0.2, -0.15) is 0 Å². The largest absolute Gasteiger partial charge is 1.00 e. The van der Waals surface area contributed by atoms with E-state index in [0.717, 1.165) is 12.8 Å². The van der Waals surface area contributed by atoms with Crippen LogP contribution in [0.1, 0.15) is 70.6 Å². The van der Waals surface area contributed by atoms with E-state index >= 15 is 0 Å². The zero-order valence-corrected chi connectivity index (χ0v) is 14.7. The van der Waals surface area contributed by atoms with E-state index in [9.17, 15) is 0 Å². The van der Waals surface area contributed by atoms with E-state index in [0.29, 0.717) is 10.5 Å². The molecule has 0 saturated heterocycles. The molecule has 0 aliphatic heterocycles. The molecule has 0 aromatic rings. The summed E-state index contributed by atoms with van der Waals surface area (Å²) in [4.78, 5) is 0. The summed E-state index contributed by atoms with van der Waals surface area (Å²) in [6.45, 7) is 0.